The zero-order valence-electron chi connectivity index (χ0n) is 24.9. The number of nitrogens with one attached hydrogen (secondary N) is 1. The van der Waals surface area contributed by atoms with E-state index in [0.717, 1.165) is 22.4 Å². The van der Waals surface area contributed by atoms with Crippen LogP contribution in [0.2, 0.25) is 0 Å². The molecule has 7 rings (SSSR count). The van der Waals surface area contributed by atoms with Crippen LogP contribution < -0.4 is 10.1 Å². The molecule has 2 aromatic heterocycles. The molecule has 0 amide bonds. The number of methoxy groups -OCH3 is 1. The Morgan fingerprint density at radius 2 is 1.48 bits per heavy atom. The molecule has 224 valence electrons. The second-order valence-electron chi connectivity index (χ2n) is 11.5. The van der Waals surface area contributed by atoms with Gasteiger partial charge < -0.3 is 24.3 Å². The van der Waals surface area contributed by atoms with E-state index < -0.39 is 35.9 Å². The third-order valence-electron chi connectivity index (χ3n) is 8.31. The summed E-state index contributed by atoms with van der Waals surface area (Å²) in [5.74, 6) is 0.304. The van der Waals surface area contributed by atoms with Gasteiger partial charge in [-0.1, -0.05) is 72.8 Å². The highest BCUT2D eigenvalue weighted by atomic mass is 16.8. The summed E-state index contributed by atoms with van der Waals surface area (Å²) in [5, 5.41) is 3.79. The van der Waals surface area contributed by atoms with Gasteiger partial charge in [-0.25, -0.2) is 15.0 Å². The number of imidazole rings is 1. The number of fused-ring (bicyclic) bond motifs is 2. The predicted octanol–water partition coefficient (Wildman–Crippen LogP) is 5.25. The molecule has 0 aliphatic carbocycles. The van der Waals surface area contributed by atoms with Crippen LogP contribution in [0.4, 0.5) is 5.82 Å². The van der Waals surface area contributed by atoms with Crippen LogP contribution in [0, 0.1) is 0 Å². The van der Waals surface area contributed by atoms with Crippen LogP contribution in [0.15, 0.2) is 97.6 Å². The third-order valence-corrected chi connectivity index (χ3v) is 8.31. The fraction of sp³-hybridized carbons (Fsp3) is 0.294. The van der Waals surface area contributed by atoms with Gasteiger partial charge in [0.2, 0.25) is 0 Å². The van der Waals surface area contributed by atoms with Gasteiger partial charge in [0.05, 0.1) is 13.4 Å². The van der Waals surface area contributed by atoms with Crippen LogP contribution >= 0.6 is 0 Å². The van der Waals surface area contributed by atoms with Crippen LogP contribution in [0.25, 0.3) is 11.2 Å². The number of Topliss-reactive ketones (excluding diaryl/α,β-unsaturated/α-hetero) is 1. The van der Waals surface area contributed by atoms with Gasteiger partial charge in [-0.2, -0.15) is 0 Å². The molecule has 0 unspecified atom stereocenters. The van der Waals surface area contributed by atoms with Crippen molar-refractivity contribution in [2.45, 2.75) is 56.6 Å². The molecule has 2 aliphatic rings. The summed E-state index contributed by atoms with van der Waals surface area (Å²) in [6, 6.07) is 28.5. The number of nitrogens with zero attached hydrogens (tertiary/aromatic N) is 4. The van der Waals surface area contributed by atoms with E-state index in [9.17, 15) is 4.79 Å². The summed E-state index contributed by atoms with van der Waals surface area (Å²) in [6.07, 6.45) is 0.671. The number of hydrogen-bond acceptors (Lipinski definition) is 9. The summed E-state index contributed by atoms with van der Waals surface area (Å²) in [5.41, 5.74) is 3.21. The van der Waals surface area contributed by atoms with Gasteiger partial charge in [-0.05, 0) is 49.6 Å². The molecule has 5 aromatic rings. The summed E-state index contributed by atoms with van der Waals surface area (Å²) < 4.78 is 25.8. The summed E-state index contributed by atoms with van der Waals surface area (Å²) in [4.78, 5) is 26.6. The fourth-order valence-corrected chi connectivity index (χ4v) is 6.37. The van der Waals surface area contributed by atoms with Crippen LogP contribution in [0.3, 0.4) is 0 Å². The molecule has 1 N–H and O–H groups in total. The minimum absolute atomic E-state index is 0.125. The van der Waals surface area contributed by atoms with E-state index >= 15 is 0 Å². The van der Waals surface area contributed by atoms with Gasteiger partial charge in [0.15, 0.2) is 34.8 Å². The van der Waals surface area contributed by atoms with Crippen molar-refractivity contribution in [2.75, 3.05) is 12.4 Å². The largest absolute Gasteiger partial charge is 0.497 e. The first kappa shape index (κ1) is 28.1. The first-order valence-electron chi connectivity index (χ1n) is 14.5. The van der Waals surface area contributed by atoms with Crippen molar-refractivity contribution < 1.29 is 23.7 Å². The van der Waals surface area contributed by atoms with Gasteiger partial charge in [0.1, 0.15) is 35.9 Å². The van der Waals surface area contributed by atoms with Gasteiger partial charge in [-0.15, -0.1) is 0 Å². The topological polar surface area (TPSA) is 110 Å². The van der Waals surface area contributed by atoms with Crippen molar-refractivity contribution in [2.24, 2.45) is 0 Å². The molecule has 0 saturated carbocycles. The third kappa shape index (κ3) is 4.62. The lowest BCUT2D eigenvalue weighted by atomic mass is 9.77. The van der Waals surface area contributed by atoms with Crippen molar-refractivity contribution in [1.82, 2.24) is 19.5 Å². The van der Waals surface area contributed by atoms with Crippen molar-refractivity contribution in [1.29, 1.82) is 0 Å². The van der Waals surface area contributed by atoms with E-state index in [-0.39, 0.29) is 5.78 Å². The van der Waals surface area contributed by atoms with E-state index in [1.54, 1.807) is 18.0 Å². The molecule has 4 atom stereocenters. The first-order chi connectivity index (χ1) is 21.3. The lowest BCUT2D eigenvalue weighted by Gasteiger charge is -2.37. The first-order valence-corrected chi connectivity index (χ1v) is 14.5. The number of carbonyl (C=O) groups is 1. The molecule has 44 heavy (non-hydrogen) atoms. The van der Waals surface area contributed by atoms with Crippen molar-refractivity contribution in [3.63, 3.8) is 0 Å². The second kappa shape index (κ2) is 10.8. The molecular weight excluding hydrogens is 558 g/mol. The Hall–Kier alpha value is -4.64. The van der Waals surface area contributed by atoms with E-state index in [4.69, 9.17) is 28.9 Å². The Kier molecular flexibility index (Phi) is 6.92. The maximum atomic E-state index is 12.5. The number of ether oxygens (including phenoxy) is 4. The highest BCUT2D eigenvalue weighted by Crippen LogP contribution is 2.45. The Labute approximate surface area is 255 Å². The molecule has 4 heterocycles. The van der Waals surface area contributed by atoms with Crippen molar-refractivity contribution in [3.05, 3.63) is 114 Å². The van der Waals surface area contributed by atoms with E-state index in [2.05, 4.69) is 46.7 Å². The van der Waals surface area contributed by atoms with E-state index in [1.807, 2.05) is 62.4 Å². The van der Waals surface area contributed by atoms with Crippen LogP contribution in [-0.2, 0) is 24.5 Å². The van der Waals surface area contributed by atoms with Gasteiger partial charge in [0, 0.05) is 0 Å². The number of hydrogen-bond donors (Lipinski definition) is 1. The smallest absolute Gasteiger partial charge is 0.167 e. The SMILES string of the molecule is COc1ccc(C(Nc2ncnc3c2ncn3[C@@H]2O[C@H](C(C)=O)[C@H]3OC(C)(C)O[C@H]32)(c2ccccc2)c2ccccc2)cc1. The molecular formula is C34H33N5O5. The number of benzene rings is 3. The van der Waals surface area contributed by atoms with Gasteiger partial charge >= 0.3 is 0 Å². The standard InChI is InChI=1S/C34H33N5O5/c1-21(40)27-28-29(44-33(2,3)43-28)32(42-27)39-20-37-26-30(35-19-36-31(26)39)38-34(22-11-7-5-8-12-22,23-13-9-6-10-14-23)24-15-17-25(41-4)18-16-24/h5-20,27-29,32H,1-4H3,(H,35,36,38)/t27-,28-,29-,32-/m1/s1. The number of rotatable bonds is 8. The molecule has 10 nitrogen and oxygen atoms in total. The Morgan fingerprint density at radius 3 is 2.09 bits per heavy atom. The second-order valence-corrected chi connectivity index (χ2v) is 11.5. The van der Waals surface area contributed by atoms with Gasteiger partial charge in [-0.3, -0.25) is 9.36 Å². The van der Waals surface area contributed by atoms with E-state index in [0.29, 0.717) is 17.0 Å². The molecule has 0 radical (unpaired) electrons. The van der Waals surface area contributed by atoms with Gasteiger partial charge in [0.25, 0.3) is 0 Å². The highest BCUT2D eigenvalue weighted by Gasteiger charge is 2.57. The lowest BCUT2D eigenvalue weighted by molar-refractivity contribution is -0.196. The molecule has 2 saturated heterocycles. The average molecular weight is 592 g/mol. The maximum Gasteiger partial charge on any atom is 0.167 e. The minimum Gasteiger partial charge on any atom is -0.497 e. The molecule has 2 fully saturated rings. The quantitative estimate of drug-likeness (QED) is 0.242. The normalized spacial score (nSPS) is 22.5. The minimum atomic E-state index is -0.860. The number of ketones is 1. The maximum absolute atomic E-state index is 12.5. The average Bonchev–Trinajstić information content (AvgIpc) is 3.71. The zero-order chi connectivity index (χ0) is 30.5. The van der Waals surface area contributed by atoms with E-state index in [1.165, 1.54) is 13.3 Å². The van der Waals surface area contributed by atoms with Crippen molar-refractivity contribution in [3.8, 4) is 5.75 Å². The van der Waals surface area contributed by atoms with Crippen molar-refractivity contribution >= 4 is 22.8 Å². The fourth-order valence-electron chi connectivity index (χ4n) is 6.37. The number of aromatic nitrogens is 4. The molecule has 0 bridgehead atoms. The molecule has 2 aliphatic heterocycles. The number of carbonyl (C=O) groups excluding carboxylic acids is 1. The molecule has 3 aromatic carbocycles. The Bertz CT molecular complexity index is 1750. The summed E-state index contributed by atoms with van der Waals surface area (Å²) in [6.45, 7) is 5.17. The zero-order valence-corrected chi connectivity index (χ0v) is 24.9. The van der Waals surface area contributed by atoms with Crippen LogP contribution in [0.5, 0.6) is 5.75 Å². The highest BCUT2D eigenvalue weighted by molar-refractivity contribution is 5.84. The molecule has 0 spiro atoms. The summed E-state index contributed by atoms with van der Waals surface area (Å²) in [7, 11) is 1.65. The van der Waals surface area contributed by atoms with Crippen LogP contribution in [0.1, 0.15) is 43.7 Å². The Morgan fingerprint density at radius 1 is 0.864 bits per heavy atom. The molecule has 10 heteroatoms. The predicted molar refractivity (Wildman–Crippen MR) is 163 cm³/mol. The Balaban J connectivity index is 1.37. The monoisotopic (exact) mass is 591 g/mol. The summed E-state index contributed by atoms with van der Waals surface area (Å²) >= 11 is 0. The van der Waals surface area contributed by atoms with Crippen LogP contribution in [-0.4, -0.2) is 56.5 Å². The lowest BCUT2D eigenvalue weighted by Crippen LogP contribution is -2.38. The number of anilines is 1.